The molecule has 0 radical (unpaired) electrons. The van der Waals surface area contributed by atoms with Gasteiger partial charge in [-0.2, -0.15) is 0 Å². The highest BCUT2D eigenvalue weighted by atomic mass is 32.2. The number of carbonyl (C=O) groups is 1. The number of hydrogen-bond acceptors (Lipinski definition) is 6. The van der Waals surface area contributed by atoms with Crippen LogP contribution in [0.4, 0.5) is 15.2 Å². The molecule has 3 rings (SSSR count). The fourth-order valence-corrected chi connectivity index (χ4v) is 4.00. The summed E-state index contributed by atoms with van der Waals surface area (Å²) in [5.41, 5.74) is 1.40. The molecular weight excluding hydrogens is 359 g/mol. The van der Waals surface area contributed by atoms with E-state index in [1.165, 1.54) is 47.4 Å². The monoisotopic (exact) mass is 374 g/mol. The molecule has 0 bridgehead atoms. The van der Waals surface area contributed by atoms with E-state index in [9.17, 15) is 9.18 Å². The van der Waals surface area contributed by atoms with Crippen LogP contribution in [-0.2, 0) is 4.79 Å². The van der Waals surface area contributed by atoms with Gasteiger partial charge in [-0.3, -0.25) is 4.79 Å². The van der Waals surface area contributed by atoms with E-state index in [1.807, 2.05) is 30.3 Å². The molecule has 0 saturated carbocycles. The molecule has 128 valence electrons. The molecule has 1 aromatic heterocycles. The van der Waals surface area contributed by atoms with Crippen LogP contribution in [0.1, 0.15) is 10.8 Å². The first-order valence-electron chi connectivity index (χ1n) is 7.45. The number of benzene rings is 2. The van der Waals surface area contributed by atoms with Crippen LogP contribution in [-0.4, -0.2) is 23.2 Å². The van der Waals surface area contributed by atoms with Crippen LogP contribution in [0.5, 0.6) is 0 Å². The van der Waals surface area contributed by atoms with E-state index in [0.29, 0.717) is 15.2 Å². The maximum absolute atomic E-state index is 13.0. The van der Waals surface area contributed by atoms with Gasteiger partial charge in [-0.15, -0.1) is 10.2 Å². The third-order valence-corrected chi connectivity index (χ3v) is 5.57. The van der Waals surface area contributed by atoms with E-state index in [4.69, 9.17) is 0 Å². The van der Waals surface area contributed by atoms with Crippen LogP contribution in [0.2, 0.25) is 0 Å². The minimum Gasteiger partial charge on any atom is -0.363 e. The average molecular weight is 374 g/mol. The lowest BCUT2D eigenvalue weighted by atomic mass is 10.1. The third-order valence-electron chi connectivity index (χ3n) is 3.29. The maximum Gasteiger partial charge on any atom is 0.242 e. The Morgan fingerprint density at radius 2 is 1.84 bits per heavy atom. The molecule has 3 aromatic rings. The van der Waals surface area contributed by atoms with Crippen LogP contribution >= 0.6 is 23.1 Å². The predicted molar refractivity (Wildman–Crippen MR) is 99.5 cm³/mol. The second-order valence-corrected chi connectivity index (χ2v) is 7.36. The van der Waals surface area contributed by atoms with E-state index in [2.05, 4.69) is 20.8 Å². The van der Waals surface area contributed by atoms with Crippen LogP contribution in [0.3, 0.4) is 0 Å². The minimum absolute atomic E-state index is 0.205. The van der Waals surface area contributed by atoms with Crippen LogP contribution < -0.4 is 10.6 Å². The molecule has 2 N–H and O–H groups in total. The Balaban J connectivity index is 1.82. The fraction of sp³-hybridized carbons (Fsp3) is 0.118. The summed E-state index contributed by atoms with van der Waals surface area (Å²) >= 11 is 2.71. The number of hydrogen-bond donors (Lipinski definition) is 2. The molecule has 0 spiro atoms. The lowest BCUT2D eigenvalue weighted by Crippen LogP contribution is -2.19. The molecule has 1 atom stereocenters. The molecule has 1 heterocycles. The van der Waals surface area contributed by atoms with Crippen molar-refractivity contribution in [1.82, 2.24) is 10.2 Å². The van der Waals surface area contributed by atoms with Crippen molar-refractivity contribution in [3.8, 4) is 0 Å². The van der Waals surface area contributed by atoms with Crippen molar-refractivity contribution in [2.45, 2.75) is 9.59 Å². The topological polar surface area (TPSA) is 66.9 Å². The first-order valence-corrected chi connectivity index (χ1v) is 9.14. The summed E-state index contributed by atoms with van der Waals surface area (Å²) in [5.74, 6) is -0.551. The molecule has 0 saturated heterocycles. The van der Waals surface area contributed by atoms with Gasteiger partial charge in [-0.25, -0.2) is 4.39 Å². The molecular formula is C17H15FN4OS2. The van der Waals surface area contributed by atoms with Gasteiger partial charge >= 0.3 is 0 Å². The number of rotatable bonds is 6. The second kappa shape index (κ2) is 8.09. The van der Waals surface area contributed by atoms with Gasteiger partial charge in [0.1, 0.15) is 11.1 Å². The summed E-state index contributed by atoms with van der Waals surface area (Å²) in [6.45, 7) is 0. The number of thioether (sulfide) groups is 1. The molecule has 2 aromatic carbocycles. The Morgan fingerprint density at radius 3 is 2.48 bits per heavy atom. The van der Waals surface area contributed by atoms with Gasteiger partial charge in [0.2, 0.25) is 11.0 Å². The Kier molecular flexibility index (Phi) is 5.62. The molecule has 1 amide bonds. The van der Waals surface area contributed by atoms with Crippen molar-refractivity contribution in [3.63, 3.8) is 0 Å². The first kappa shape index (κ1) is 17.4. The molecule has 0 aliphatic rings. The zero-order valence-electron chi connectivity index (χ0n) is 13.3. The van der Waals surface area contributed by atoms with Gasteiger partial charge in [0.25, 0.3) is 0 Å². The number of anilines is 2. The van der Waals surface area contributed by atoms with Crippen molar-refractivity contribution in [3.05, 3.63) is 66.0 Å². The summed E-state index contributed by atoms with van der Waals surface area (Å²) in [7, 11) is 1.77. The highest BCUT2D eigenvalue weighted by molar-refractivity contribution is 8.02. The minimum atomic E-state index is -0.496. The van der Waals surface area contributed by atoms with E-state index >= 15 is 0 Å². The van der Waals surface area contributed by atoms with Crippen LogP contribution in [0.15, 0.2) is 58.9 Å². The van der Waals surface area contributed by atoms with E-state index < -0.39 is 5.25 Å². The number of nitrogens with one attached hydrogen (secondary N) is 2. The highest BCUT2D eigenvalue weighted by Gasteiger charge is 2.24. The number of carbonyl (C=O) groups excluding carboxylic acids is 1. The quantitative estimate of drug-likeness (QED) is 0.633. The normalized spacial score (nSPS) is 11.8. The summed E-state index contributed by atoms with van der Waals surface area (Å²) in [6.07, 6.45) is 0. The molecule has 0 fully saturated rings. The van der Waals surface area contributed by atoms with Crippen LogP contribution in [0.25, 0.3) is 0 Å². The lowest BCUT2D eigenvalue weighted by Gasteiger charge is -2.15. The number of amides is 1. The molecule has 0 unspecified atom stereocenters. The van der Waals surface area contributed by atoms with Crippen molar-refractivity contribution < 1.29 is 9.18 Å². The highest BCUT2D eigenvalue weighted by Crippen LogP contribution is 2.38. The molecule has 25 heavy (non-hydrogen) atoms. The van der Waals surface area contributed by atoms with Crippen LogP contribution in [0, 0.1) is 5.82 Å². The Hall–Kier alpha value is -2.45. The van der Waals surface area contributed by atoms with Gasteiger partial charge in [-0.1, -0.05) is 53.4 Å². The molecule has 8 heteroatoms. The van der Waals surface area contributed by atoms with Gasteiger partial charge in [-0.05, 0) is 29.8 Å². The van der Waals surface area contributed by atoms with Crippen molar-refractivity contribution >= 4 is 39.8 Å². The van der Waals surface area contributed by atoms with E-state index in [1.54, 1.807) is 7.05 Å². The molecule has 0 aliphatic heterocycles. The maximum atomic E-state index is 13.0. The van der Waals surface area contributed by atoms with Gasteiger partial charge < -0.3 is 10.6 Å². The lowest BCUT2D eigenvalue weighted by molar-refractivity contribution is -0.115. The standard InChI is InChI=1S/C17H15FN4OS2/c1-19-16-21-22-17(25-16)24-14(11-5-3-2-4-6-11)15(23)20-13-9-7-12(18)8-10-13/h2-10,14H,1H3,(H,19,21)(H,20,23)/t14-/m1/s1. The van der Waals surface area contributed by atoms with E-state index in [-0.39, 0.29) is 11.7 Å². The number of halogens is 1. The number of nitrogens with zero attached hydrogens (tertiary/aromatic N) is 2. The average Bonchev–Trinajstić information content (AvgIpc) is 3.10. The van der Waals surface area contributed by atoms with Gasteiger partial charge in [0, 0.05) is 12.7 Å². The zero-order valence-corrected chi connectivity index (χ0v) is 14.9. The second-order valence-electron chi connectivity index (χ2n) is 5.03. The van der Waals surface area contributed by atoms with Crippen molar-refractivity contribution in [1.29, 1.82) is 0 Å². The predicted octanol–water partition coefficient (Wildman–Crippen LogP) is 4.19. The zero-order chi connectivity index (χ0) is 17.6. The van der Waals surface area contributed by atoms with Crippen molar-refractivity contribution in [2.75, 3.05) is 17.7 Å². The Morgan fingerprint density at radius 1 is 1.12 bits per heavy atom. The Bertz CT molecular complexity index is 839. The first-order chi connectivity index (χ1) is 12.2. The smallest absolute Gasteiger partial charge is 0.242 e. The van der Waals surface area contributed by atoms with E-state index in [0.717, 1.165) is 5.56 Å². The van der Waals surface area contributed by atoms with Gasteiger partial charge in [0.15, 0.2) is 4.34 Å². The third kappa shape index (κ3) is 4.55. The fourth-order valence-electron chi connectivity index (χ4n) is 2.10. The summed E-state index contributed by atoms with van der Waals surface area (Å²) < 4.78 is 13.7. The number of aromatic nitrogens is 2. The Labute approximate surface area is 152 Å². The summed E-state index contributed by atoms with van der Waals surface area (Å²) in [4.78, 5) is 12.8. The SMILES string of the molecule is CNc1nnc(S[C@@H](C(=O)Nc2ccc(F)cc2)c2ccccc2)s1. The van der Waals surface area contributed by atoms with Crippen molar-refractivity contribution in [2.24, 2.45) is 0 Å². The molecule has 0 aliphatic carbocycles. The molecule has 5 nitrogen and oxygen atoms in total. The summed E-state index contributed by atoms with van der Waals surface area (Å²) in [5, 5.41) is 14.0. The van der Waals surface area contributed by atoms with Gasteiger partial charge in [0.05, 0.1) is 0 Å². The summed E-state index contributed by atoms with van der Waals surface area (Å²) in [6, 6.07) is 15.1. The largest absolute Gasteiger partial charge is 0.363 e.